The quantitative estimate of drug-likeness (QED) is 0.180. The second-order valence-electron chi connectivity index (χ2n) is 8.58. The van der Waals surface area contributed by atoms with Crippen molar-refractivity contribution in [3.05, 3.63) is 47.5 Å². The van der Waals surface area contributed by atoms with E-state index in [1.807, 2.05) is 0 Å². The van der Waals surface area contributed by atoms with E-state index in [0.29, 0.717) is 6.08 Å². The summed E-state index contributed by atoms with van der Waals surface area (Å²) in [5.74, 6) is -3.17. The summed E-state index contributed by atoms with van der Waals surface area (Å²) in [6.07, 6.45) is -7.42. The third-order valence-corrected chi connectivity index (χ3v) is 5.98. The van der Waals surface area contributed by atoms with Crippen LogP contribution in [0.2, 0.25) is 0 Å². The summed E-state index contributed by atoms with van der Waals surface area (Å²) in [6, 6.07) is 4.23. The molecule has 1 unspecified atom stereocenters. The van der Waals surface area contributed by atoms with Gasteiger partial charge in [0.25, 0.3) is 0 Å². The zero-order valence-electron chi connectivity index (χ0n) is 25.0. The number of aliphatic hydroxyl groups is 3. The topological polar surface area (TPSA) is 200 Å². The first-order valence-electron chi connectivity index (χ1n) is 13.2. The highest BCUT2D eigenvalue weighted by molar-refractivity contribution is 5.88. The molecule has 1 heterocycles. The summed E-state index contributed by atoms with van der Waals surface area (Å²) in [4.78, 5) is 25.3. The summed E-state index contributed by atoms with van der Waals surface area (Å²) in [6.45, 7) is -0.824. The molecule has 14 nitrogen and oxygen atoms in total. The van der Waals surface area contributed by atoms with Crippen molar-refractivity contribution in [3.8, 4) is 34.5 Å². The number of hydrogen-bond acceptors (Lipinski definition) is 14. The van der Waals surface area contributed by atoms with Gasteiger partial charge >= 0.3 is 11.9 Å². The third kappa shape index (κ3) is 7.41. The monoisotopic (exact) mass is 594 g/mol. The van der Waals surface area contributed by atoms with Crippen LogP contribution in [-0.4, -0.2) is 103 Å². The van der Waals surface area contributed by atoms with E-state index in [2.05, 4.69) is 0 Å². The van der Waals surface area contributed by atoms with Gasteiger partial charge in [-0.05, 0) is 47.5 Å². The van der Waals surface area contributed by atoms with Gasteiger partial charge in [-0.2, -0.15) is 0 Å². The van der Waals surface area contributed by atoms with Crippen molar-refractivity contribution in [2.75, 3.05) is 35.0 Å². The number of rotatable bonds is 11. The van der Waals surface area contributed by atoms with Gasteiger partial charge in [0, 0.05) is 12.2 Å². The molecule has 42 heavy (non-hydrogen) atoms. The van der Waals surface area contributed by atoms with Crippen LogP contribution in [0, 0.1) is 0 Å². The standard InChI is InChI=1S/C28H32O14/c1-36-16-9-14(10-17(37-2)23(16)32)5-7-21(30)41-27-25(34)20(13-29)40-28(26(27)35)42-22(31)8-6-15-11-18(38-3)24(33)19(12-15)39-4/h5-12,20,25-29,32-35H,13H2,1-4H3/b7-5+,8-6+/t20-,25-,26-,27+,28?/m1/s1/i5D,6D. The smallest absolute Gasteiger partial charge is 0.333 e. The number of methoxy groups -OCH3 is 4. The molecule has 14 heteroatoms. The molecule has 0 radical (unpaired) electrons. The Kier molecular flexibility index (Phi) is 9.95. The van der Waals surface area contributed by atoms with Crippen molar-refractivity contribution in [1.29, 1.82) is 0 Å². The van der Waals surface area contributed by atoms with E-state index in [9.17, 15) is 35.1 Å². The first-order chi connectivity index (χ1) is 20.9. The van der Waals surface area contributed by atoms with Crippen LogP contribution in [-0.2, 0) is 23.8 Å². The molecule has 2 aromatic carbocycles. The Bertz CT molecular complexity index is 1380. The lowest BCUT2D eigenvalue weighted by Crippen LogP contribution is -2.60. The Balaban J connectivity index is 1.79. The van der Waals surface area contributed by atoms with Gasteiger partial charge in [-0.1, -0.05) is 0 Å². The molecule has 0 aliphatic carbocycles. The average Bonchev–Trinajstić information content (AvgIpc) is 3.00. The molecule has 5 N–H and O–H groups in total. The zero-order chi connectivity index (χ0) is 32.7. The second kappa shape index (κ2) is 14.4. The van der Waals surface area contributed by atoms with Crippen LogP contribution in [0.5, 0.6) is 34.5 Å². The van der Waals surface area contributed by atoms with Crippen molar-refractivity contribution in [1.82, 2.24) is 0 Å². The number of aliphatic hydroxyl groups excluding tert-OH is 3. The fourth-order valence-electron chi connectivity index (χ4n) is 3.84. The molecule has 0 spiro atoms. The zero-order valence-corrected chi connectivity index (χ0v) is 23.0. The number of phenols is 2. The first kappa shape index (κ1) is 29.0. The lowest BCUT2D eigenvalue weighted by atomic mass is 9.99. The average molecular weight is 595 g/mol. The minimum atomic E-state index is -1.96. The van der Waals surface area contributed by atoms with Gasteiger partial charge < -0.3 is 58.7 Å². The Morgan fingerprint density at radius 1 is 0.786 bits per heavy atom. The van der Waals surface area contributed by atoms with Crippen LogP contribution in [0.25, 0.3) is 12.1 Å². The highest BCUT2D eigenvalue weighted by Gasteiger charge is 2.48. The van der Waals surface area contributed by atoms with Gasteiger partial charge in [0.2, 0.25) is 17.8 Å². The Morgan fingerprint density at radius 3 is 1.57 bits per heavy atom. The van der Waals surface area contributed by atoms with Gasteiger partial charge in [-0.3, -0.25) is 0 Å². The van der Waals surface area contributed by atoms with Crippen molar-refractivity contribution in [3.63, 3.8) is 0 Å². The predicted molar refractivity (Wildman–Crippen MR) is 144 cm³/mol. The molecule has 1 saturated heterocycles. The molecular weight excluding hydrogens is 560 g/mol. The maximum atomic E-state index is 12.7. The van der Waals surface area contributed by atoms with Crippen LogP contribution in [0.1, 0.15) is 13.9 Å². The number of carbonyl (C=O) groups is 2. The Morgan fingerprint density at radius 2 is 1.19 bits per heavy atom. The van der Waals surface area contributed by atoms with Crippen molar-refractivity contribution in [2.45, 2.75) is 30.7 Å². The summed E-state index contributed by atoms with van der Waals surface area (Å²) in [5.41, 5.74) is 0.180. The number of carbonyl (C=O) groups excluding carboxylic acids is 2. The van der Waals surface area contributed by atoms with Crippen molar-refractivity contribution >= 4 is 24.0 Å². The van der Waals surface area contributed by atoms with E-state index in [0.717, 1.165) is 6.08 Å². The number of esters is 2. The van der Waals surface area contributed by atoms with Crippen LogP contribution >= 0.6 is 0 Å². The fourth-order valence-corrected chi connectivity index (χ4v) is 3.84. The molecule has 0 saturated carbocycles. The summed E-state index contributed by atoms with van der Waals surface area (Å²) in [7, 11) is 5.10. The number of ether oxygens (including phenoxy) is 7. The van der Waals surface area contributed by atoms with E-state index in [4.69, 9.17) is 35.9 Å². The normalized spacial score (nSPS) is 23.3. The van der Waals surface area contributed by atoms with E-state index in [1.165, 1.54) is 52.7 Å². The fraction of sp³-hybridized carbons (Fsp3) is 0.357. The molecule has 0 amide bonds. The number of benzene rings is 2. The SMILES string of the molecule is [2H]/C(=C\C(=O)OC1O[C@H](CO)[C@@H](O)[C@H](OC(=O)/C=C(\[2H])c2cc(OC)c(O)c(OC)c2)[C@H]1O)c1cc(OC)c(O)c(OC)c1. The minimum absolute atomic E-state index is 0.0325. The van der Waals surface area contributed by atoms with Gasteiger partial charge in [-0.25, -0.2) is 9.59 Å². The van der Waals surface area contributed by atoms with Crippen molar-refractivity contribution in [2.24, 2.45) is 0 Å². The molecule has 3 rings (SSSR count). The van der Waals surface area contributed by atoms with Gasteiger partial charge in [-0.15, -0.1) is 0 Å². The number of hydrogen-bond donors (Lipinski definition) is 5. The third-order valence-electron chi connectivity index (χ3n) is 5.98. The number of aromatic hydroxyl groups is 2. The summed E-state index contributed by atoms with van der Waals surface area (Å²) < 4.78 is 52.2. The van der Waals surface area contributed by atoms with E-state index >= 15 is 0 Å². The summed E-state index contributed by atoms with van der Waals surface area (Å²) >= 11 is 0. The molecule has 5 atom stereocenters. The van der Waals surface area contributed by atoms with E-state index in [1.54, 1.807) is 0 Å². The van der Waals surface area contributed by atoms with E-state index < -0.39 is 61.4 Å². The Hall–Kier alpha value is -4.50. The van der Waals surface area contributed by atoms with Gasteiger partial charge in [0.15, 0.2) is 35.2 Å². The minimum Gasteiger partial charge on any atom is -0.502 e. The molecule has 1 fully saturated rings. The molecule has 0 bridgehead atoms. The predicted octanol–water partition coefficient (Wildman–Crippen LogP) is 0.753. The van der Waals surface area contributed by atoms with Crippen LogP contribution in [0.4, 0.5) is 0 Å². The largest absolute Gasteiger partial charge is 0.502 e. The molecule has 0 aromatic heterocycles. The Labute approximate surface area is 243 Å². The second-order valence-corrected chi connectivity index (χ2v) is 8.58. The molecule has 2 aromatic rings. The number of phenolic OH excluding ortho intramolecular Hbond substituents is 2. The first-order valence-corrected chi connectivity index (χ1v) is 12.2. The van der Waals surface area contributed by atoms with E-state index in [-0.39, 0.29) is 45.6 Å². The molecule has 1 aliphatic rings. The van der Waals surface area contributed by atoms with Gasteiger partial charge in [0.1, 0.15) is 12.2 Å². The summed E-state index contributed by atoms with van der Waals surface area (Å²) in [5, 5.41) is 51.1. The maximum absolute atomic E-state index is 12.7. The van der Waals surface area contributed by atoms with Crippen LogP contribution in [0.15, 0.2) is 36.4 Å². The molecule has 1 aliphatic heterocycles. The lowest BCUT2D eigenvalue weighted by molar-refractivity contribution is -0.293. The van der Waals surface area contributed by atoms with Crippen LogP contribution < -0.4 is 18.9 Å². The van der Waals surface area contributed by atoms with Crippen molar-refractivity contribution < 1.29 is 71.0 Å². The highest BCUT2D eigenvalue weighted by Crippen LogP contribution is 2.38. The highest BCUT2D eigenvalue weighted by atomic mass is 16.7. The molecular formula is C28H32O14. The van der Waals surface area contributed by atoms with Crippen LogP contribution in [0.3, 0.4) is 0 Å². The lowest BCUT2D eigenvalue weighted by Gasteiger charge is -2.40. The molecule has 228 valence electrons. The van der Waals surface area contributed by atoms with Gasteiger partial charge in [0.05, 0.1) is 37.8 Å². The maximum Gasteiger partial charge on any atom is 0.333 e.